The third-order valence-electron chi connectivity index (χ3n) is 5.85. The first kappa shape index (κ1) is 24.1. The van der Waals surface area contributed by atoms with Crippen LogP contribution in [-0.4, -0.2) is 11.3 Å². The zero-order valence-corrected chi connectivity index (χ0v) is 21.6. The second-order valence-electron chi connectivity index (χ2n) is 10.7. The Bertz CT molecular complexity index is 811. The molecule has 0 aliphatic rings. The minimum Gasteiger partial charge on any atom is -0.0694 e. The van der Waals surface area contributed by atoms with Crippen LogP contribution in [-0.2, 0) is 5.41 Å². The van der Waals surface area contributed by atoms with Gasteiger partial charge in [0.05, 0.1) is 0 Å². The van der Waals surface area contributed by atoms with E-state index >= 15 is 0 Å². The summed E-state index contributed by atoms with van der Waals surface area (Å²) in [4.78, 5) is 0. The quantitative estimate of drug-likeness (QED) is 0.417. The molecule has 0 N–H and O–H groups in total. The second-order valence-corrected chi connectivity index (χ2v) is 14.1. The molecule has 2 rings (SSSR count). The topological polar surface area (TPSA) is 0 Å². The van der Waals surface area contributed by atoms with E-state index < -0.39 is 0 Å². The van der Waals surface area contributed by atoms with Crippen LogP contribution in [0, 0.1) is 0 Å². The van der Waals surface area contributed by atoms with Crippen molar-refractivity contribution in [2.45, 2.75) is 105 Å². The normalized spacial score (nSPS) is 12.8. The highest BCUT2D eigenvalue weighted by molar-refractivity contribution is 7.67. The molecule has 0 saturated heterocycles. The standard InChI is InChI=1S/C28H43P/c1-18(2)22-16-24(19(3)4)27(25(17-22)28(9,10)11)23-14-12-13-15-26(23)29(20(5)6)21(7)8/h12-21H,1-11H3. The van der Waals surface area contributed by atoms with Gasteiger partial charge in [0.2, 0.25) is 0 Å². The van der Waals surface area contributed by atoms with Crippen LogP contribution in [0.1, 0.15) is 105 Å². The van der Waals surface area contributed by atoms with Gasteiger partial charge in [0.1, 0.15) is 0 Å². The highest BCUT2D eigenvalue weighted by Gasteiger charge is 2.28. The van der Waals surface area contributed by atoms with Gasteiger partial charge in [-0.1, -0.05) is 120 Å². The molecule has 0 radical (unpaired) electrons. The molecule has 1 heteroatoms. The van der Waals surface area contributed by atoms with E-state index in [1.807, 2.05) is 0 Å². The molecule has 0 fully saturated rings. The Labute approximate surface area is 182 Å². The van der Waals surface area contributed by atoms with Gasteiger partial charge in [-0.2, -0.15) is 0 Å². The summed E-state index contributed by atoms with van der Waals surface area (Å²) in [5.74, 6) is 1.04. The Balaban J connectivity index is 2.95. The molecule has 0 aliphatic carbocycles. The van der Waals surface area contributed by atoms with E-state index in [1.165, 1.54) is 27.8 Å². The molecule has 0 unspecified atom stereocenters. The van der Waals surface area contributed by atoms with Gasteiger partial charge in [-0.3, -0.25) is 0 Å². The van der Waals surface area contributed by atoms with Crippen LogP contribution < -0.4 is 5.30 Å². The van der Waals surface area contributed by atoms with Crippen molar-refractivity contribution in [3.63, 3.8) is 0 Å². The summed E-state index contributed by atoms with van der Waals surface area (Å²) in [7, 11) is -0.218. The van der Waals surface area contributed by atoms with Crippen molar-refractivity contribution in [3.8, 4) is 11.1 Å². The molecule has 0 bridgehead atoms. The molecule has 0 spiro atoms. The minimum absolute atomic E-state index is 0.107. The lowest BCUT2D eigenvalue weighted by Crippen LogP contribution is -2.21. The van der Waals surface area contributed by atoms with Gasteiger partial charge in [-0.25, -0.2) is 0 Å². The first-order chi connectivity index (χ1) is 13.4. The number of rotatable bonds is 6. The highest BCUT2D eigenvalue weighted by Crippen LogP contribution is 2.49. The van der Waals surface area contributed by atoms with Gasteiger partial charge in [0, 0.05) is 0 Å². The zero-order valence-electron chi connectivity index (χ0n) is 20.7. The molecule has 0 aliphatic heterocycles. The molecule has 0 amide bonds. The first-order valence-electron chi connectivity index (χ1n) is 11.4. The summed E-state index contributed by atoms with van der Waals surface area (Å²) in [6, 6.07) is 14.3. The maximum Gasteiger partial charge on any atom is -0.0101 e. The third kappa shape index (κ3) is 5.32. The summed E-state index contributed by atoms with van der Waals surface area (Å²) in [6.45, 7) is 26.1. The van der Waals surface area contributed by atoms with E-state index in [9.17, 15) is 0 Å². The summed E-state index contributed by atoms with van der Waals surface area (Å²) in [5.41, 5.74) is 8.93. The van der Waals surface area contributed by atoms with Crippen LogP contribution >= 0.6 is 7.92 Å². The lowest BCUT2D eigenvalue weighted by atomic mass is 9.76. The van der Waals surface area contributed by atoms with Gasteiger partial charge in [0.15, 0.2) is 0 Å². The van der Waals surface area contributed by atoms with Crippen LogP contribution in [0.5, 0.6) is 0 Å². The number of hydrogen-bond donors (Lipinski definition) is 0. The third-order valence-corrected chi connectivity index (χ3v) is 9.02. The van der Waals surface area contributed by atoms with Crippen molar-refractivity contribution in [1.29, 1.82) is 0 Å². The molecule has 2 aromatic carbocycles. The molecule has 160 valence electrons. The summed E-state index contributed by atoms with van der Waals surface area (Å²) in [5, 5.41) is 1.58. The SMILES string of the molecule is CC(C)c1cc(C(C)C)c(-c2ccccc2P(C(C)C)C(C)C)c(C(C)(C)C)c1. The van der Waals surface area contributed by atoms with Crippen molar-refractivity contribution in [2.24, 2.45) is 0 Å². The van der Waals surface area contributed by atoms with Crippen LogP contribution in [0.15, 0.2) is 36.4 Å². The Morgan fingerprint density at radius 1 is 0.724 bits per heavy atom. The number of hydrogen-bond acceptors (Lipinski definition) is 0. The maximum absolute atomic E-state index is 2.50. The summed E-state index contributed by atoms with van der Waals surface area (Å²) >= 11 is 0. The molecule has 0 aromatic heterocycles. The fourth-order valence-electron chi connectivity index (χ4n) is 4.43. The van der Waals surface area contributed by atoms with E-state index in [4.69, 9.17) is 0 Å². The van der Waals surface area contributed by atoms with Crippen LogP contribution in [0.25, 0.3) is 11.1 Å². The highest BCUT2D eigenvalue weighted by atomic mass is 31.1. The lowest BCUT2D eigenvalue weighted by molar-refractivity contribution is 0.588. The van der Waals surface area contributed by atoms with Crippen LogP contribution in [0.3, 0.4) is 0 Å². The maximum atomic E-state index is 2.50. The van der Waals surface area contributed by atoms with Crippen molar-refractivity contribution < 1.29 is 0 Å². The molecule has 0 atom stereocenters. The van der Waals surface area contributed by atoms with E-state index in [2.05, 4.69) is 113 Å². The molecule has 29 heavy (non-hydrogen) atoms. The van der Waals surface area contributed by atoms with Crippen LogP contribution in [0.2, 0.25) is 0 Å². The largest absolute Gasteiger partial charge is 0.0694 e. The van der Waals surface area contributed by atoms with Gasteiger partial charge >= 0.3 is 0 Å². The average Bonchev–Trinajstić information content (AvgIpc) is 2.59. The predicted octanol–water partition coefficient (Wildman–Crippen LogP) is 8.82. The van der Waals surface area contributed by atoms with Gasteiger partial charge < -0.3 is 0 Å². The van der Waals surface area contributed by atoms with Crippen molar-refractivity contribution >= 4 is 13.2 Å². The van der Waals surface area contributed by atoms with Gasteiger partial charge in [0.25, 0.3) is 0 Å². The van der Waals surface area contributed by atoms with Crippen molar-refractivity contribution in [1.82, 2.24) is 0 Å². The molecule has 0 saturated carbocycles. The average molecular weight is 411 g/mol. The fraction of sp³-hybridized carbons (Fsp3) is 0.571. The Hall–Kier alpha value is -1.13. The molecule has 0 nitrogen and oxygen atoms in total. The number of benzene rings is 2. The van der Waals surface area contributed by atoms with Gasteiger partial charge in [-0.05, 0) is 61.7 Å². The first-order valence-corrected chi connectivity index (χ1v) is 12.9. The Morgan fingerprint density at radius 2 is 1.28 bits per heavy atom. The van der Waals surface area contributed by atoms with E-state index in [-0.39, 0.29) is 13.3 Å². The smallest absolute Gasteiger partial charge is 0.0101 e. The predicted molar refractivity (Wildman–Crippen MR) is 136 cm³/mol. The minimum atomic E-state index is -0.218. The lowest BCUT2D eigenvalue weighted by Gasteiger charge is -2.33. The van der Waals surface area contributed by atoms with Crippen LogP contribution in [0.4, 0.5) is 0 Å². The van der Waals surface area contributed by atoms with Gasteiger partial charge in [-0.15, -0.1) is 0 Å². The molecular weight excluding hydrogens is 367 g/mol. The fourth-order valence-corrected chi connectivity index (χ4v) is 7.46. The van der Waals surface area contributed by atoms with Crippen molar-refractivity contribution in [2.75, 3.05) is 0 Å². The summed E-state index contributed by atoms with van der Waals surface area (Å²) in [6.07, 6.45) is 0. The monoisotopic (exact) mass is 410 g/mol. The second kappa shape index (κ2) is 9.34. The Kier molecular flexibility index (Phi) is 7.78. The molecular formula is C28H43P. The van der Waals surface area contributed by atoms with E-state index in [0.29, 0.717) is 23.2 Å². The van der Waals surface area contributed by atoms with E-state index in [0.717, 1.165) is 0 Å². The zero-order chi connectivity index (χ0) is 22.1. The Morgan fingerprint density at radius 3 is 1.72 bits per heavy atom. The van der Waals surface area contributed by atoms with Crippen molar-refractivity contribution in [3.05, 3.63) is 53.1 Å². The molecule has 2 aromatic rings. The molecule has 0 heterocycles. The summed E-state index contributed by atoms with van der Waals surface area (Å²) < 4.78 is 0. The van der Waals surface area contributed by atoms with E-state index in [1.54, 1.807) is 5.30 Å².